The summed E-state index contributed by atoms with van der Waals surface area (Å²) in [5.74, 6) is 0.0172. The molecule has 1 aliphatic heterocycles. The number of nitrogens with two attached hydrogens (primary N) is 3. The summed E-state index contributed by atoms with van der Waals surface area (Å²) in [4.78, 5) is 23.2. The summed E-state index contributed by atoms with van der Waals surface area (Å²) in [5.41, 5.74) is 17.8. The summed E-state index contributed by atoms with van der Waals surface area (Å²) in [6.45, 7) is 4.72. The topological polar surface area (TPSA) is 126 Å². The van der Waals surface area contributed by atoms with E-state index in [0.29, 0.717) is 5.69 Å². The Kier molecular flexibility index (Phi) is 4.82. The molecule has 0 spiro atoms. The third-order valence-electron chi connectivity index (χ3n) is 3.43. The minimum absolute atomic E-state index is 0.0165. The van der Waals surface area contributed by atoms with Crippen LogP contribution in [0.15, 0.2) is 34.3 Å². The number of hydrogen-bond donors (Lipinski definition) is 3. The van der Waals surface area contributed by atoms with Crippen LogP contribution in [0.3, 0.4) is 0 Å². The molecule has 0 unspecified atom stereocenters. The van der Waals surface area contributed by atoms with Crippen LogP contribution in [0.25, 0.3) is 0 Å². The third-order valence-corrected chi connectivity index (χ3v) is 3.43. The zero-order valence-electron chi connectivity index (χ0n) is 12.6. The van der Waals surface area contributed by atoms with Crippen LogP contribution in [0.5, 0.6) is 0 Å². The molecule has 22 heavy (non-hydrogen) atoms. The monoisotopic (exact) mass is 303 g/mol. The normalized spacial score (nSPS) is 15.6. The van der Waals surface area contributed by atoms with Gasteiger partial charge in [0.05, 0.1) is 5.69 Å². The predicted octanol–water partition coefficient (Wildman–Crippen LogP) is -0.425. The number of rotatable bonds is 2. The van der Waals surface area contributed by atoms with Gasteiger partial charge in [-0.05, 0) is 24.3 Å². The molecule has 0 aliphatic carbocycles. The summed E-state index contributed by atoms with van der Waals surface area (Å²) in [6, 6.07) is 7.62. The Labute approximate surface area is 129 Å². The number of carbonyl (C=O) groups is 1. The third kappa shape index (κ3) is 4.11. The highest BCUT2D eigenvalue weighted by molar-refractivity contribution is 5.93. The first-order chi connectivity index (χ1) is 10.5. The van der Waals surface area contributed by atoms with Gasteiger partial charge in [0.15, 0.2) is 5.96 Å². The minimum atomic E-state index is -0.124. The molecule has 6 N–H and O–H groups in total. The van der Waals surface area contributed by atoms with Gasteiger partial charge in [-0.25, -0.2) is 4.99 Å². The minimum Gasteiger partial charge on any atom is -0.370 e. The molecule has 1 saturated heterocycles. The quantitative estimate of drug-likeness (QED) is 0.505. The Bertz CT molecular complexity index is 582. The van der Waals surface area contributed by atoms with E-state index >= 15 is 0 Å². The molecule has 0 aromatic heterocycles. The van der Waals surface area contributed by atoms with Crippen LogP contribution in [0.1, 0.15) is 6.92 Å². The van der Waals surface area contributed by atoms with Gasteiger partial charge in [0.1, 0.15) is 0 Å². The molecule has 1 fully saturated rings. The van der Waals surface area contributed by atoms with Gasteiger partial charge in [-0.15, -0.1) is 0 Å². The molecule has 1 aromatic rings. The van der Waals surface area contributed by atoms with Crippen LogP contribution in [-0.2, 0) is 4.79 Å². The van der Waals surface area contributed by atoms with Crippen LogP contribution in [0.2, 0.25) is 0 Å². The van der Waals surface area contributed by atoms with Crippen molar-refractivity contribution in [2.24, 2.45) is 27.2 Å². The van der Waals surface area contributed by atoms with Gasteiger partial charge in [0, 0.05) is 38.8 Å². The van der Waals surface area contributed by atoms with Crippen molar-refractivity contribution < 1.29 is 4.79 Å². The number of benzene rings is 1. The van der Waals surface area contributed by atoms with Crippen molar-refractivity contribution in [3.63, 3.8) is 0 Å². The molecule has 1 aliphatic rings. The molecule has 8 heteroatoms. The first-order valence-corrected chi connectivity index (χ1v) is 7.00. The predicted molar refractivity (Wildman–Crippen MR) is 88.0 cm³/mol. The number of anilines is 1. The average molecular weight is 303 g/mol. The van der Waals surface area contributed by atoms with Crippen LogP contribution >= 0.6 is 0 Å². The number of carbonyl (C=O) groups excluding carboxylic acids is 1. The van der Waals surface area contributed by atoms with Gasteiger partial charge in [0.25, 0.3) is 0 Å². The van der Waals surface area contributed by atoms with E-state index in [1.165, 1.54) is 0 Å². The van der Waals surface area contributed by atoms with Gasteiger partial charge >= 0.3 is 0 Å². The van der Waals surface area contributed by atoms with Gasteiger partial charge < -0.3 is 27.0 Å². The second kappa shape index (κ2) is 6.79. The molecule has 0 bridgehead atoms. The van der Waals surface area contributed by atoms with E-state index in [2.05, 4.69) is 14.9 Å². The summed E-state index contributed by atoms with van der Waals surface area (Å²) < 4.78 is 0. The highest BCUT2D eigenvalue weighted by Crippen LogP contribution is 2.21. The van der Waals surface area contributed by atoms with Gasteiger partial charge in [0.2, 0.25) is 11.9 Å². The van der Waals surface area contributed by atoms with E-state index in [0.717, 1.165) is 31.9 Å². The molecule has 1 amide bonds. The molecule has 8 nitrogen and oxygen atoms in total. The second-order valence-electron chi connectivity index (χ2n) is 5.02. The van der Waals surface area contributed by atoms with E-state index < -0.39 is 0 Å². The van der Waals surface area contributed by atoms with Gasteiger partial charge in [-0.1, -0.05) is 0 Å². The van der Waals surface area contributed by atoms with Gasteiger partial charge in [-0.3, -0.25) is 4.79 Å². The van der Waals surface area contributed by atoms with Crippen molar-refractivity contribution in [1.29, 1.82) is 0 Å². The molecular weight excluding hydrogens is 282 g/mol. The van der Waals surface area contributed by atoms with Crippen LogP contribution in [0.4, 0.5) is 11.4 Å². The largest absolute Gasteiger partial charge is 0.370 e. The van der Waals surface area contributed by atoms with Crippen molar-refractivity contribution >= 4 is 29.2 Å². The van der Waals surface area contributed by atoms with Crippen LogP contribution < -0.4 is 22.1 Å². The van der Waals surface area contributed by atoms with E-state index in [4.69, 9.17) is 17.2 Å². The molecule has 2 rings (SSSR count). The number of aliphatic imine (C=N–C) groups is 2. The van der Waals surface area contributed by atoms with Crippen molar-refractivity contribution in [3.8, 4) is 0 Å². The zero-order valence-corrected chi connectivity index (χ0v) is 12.6. The number of hydrogen-bond acceptors (Lipinski definition) is 3. The summed E-state index contributed by atoms with van der Waals surface area (Å²) in [7, 11) is 0. The second-order valence-corrected chi connectivity index (χ2v) is 5.02. The summed E-state index contributed by atoms with van der Waals surface area (Å²) in [5, 5.41) is 0. The molecule has 0 radical (unpaired) electrons. The van der Waals surface area contributed by atoms with Gasteiger partial charge in [-0.2, -0.15) is 4.99 Å². The fourth-order valence-electron chi connectivity index (χ4n) is 2.31. The fourth-order valence-corrected chi connectivity index (χ4v) is 2.31. The van der Waals surface area contributed by atoms with Crippen molar-refractivity contribution in [2.45, 2.75) is 6.92 Å². The zero-order chi connectivity index (χ0) is 16.1. The molecule has 1 aromatic carbocycles. The lowest BCUT2D eigenvalue weighted by molar-refractivity contribution is -0.129. The Morgan fingerprint density at radius 1 is 1.05 bits per heavy atom. The Hall–Kier alpha value is -2.77. The fraction of sp³-hybridized carbons (Fsp3) is 0.357. The van der Waals surface area contributed by atoms with E-state index in [-0.39, 0.29) is 17.8 Å². The molecule has 1 heterocycles. The Morgan fingerprint density at radius 3 is 2.14 bits per heavy atom. The number of guanidine groups is 2. The highest BCUT2D eigenvalue weighted by atomic mass is 16.2. The first-order valence-electron chi connectivity index (χ1n) is 7.00. The standard InChI is InChI=1S/C14H21N7O/c1-10(22)20-6-8-21(9-7-20)12-4-2-11(3-5-12)18-14(17)19-13(15)16/h2-5H,6-9H2,1H3,(H6,15,16,17,18,19). The lowest BCUT2D eigenvalue weighted by Gasteiger charge is -2.35. The number of amides is 1. The summed E-state index contributed by atoms with van der Waals surface area (Å²) in [6.07, 6.45) is 0. The van der Waals surface area contributed by atoms with Crippen LogP contribution in [-0.4, -0.2) is 48.9 Å². The smallest absolute Gasteiger partial charge is 0.223 e. The van der Waals surface area contributed by atoms with Crippen LogP contribution in [0, 0.1) is 0 Å². The lowest BCUT2D eigenvalue weighted by atomic mass is 10.2. The highest BCUT2D eigenvalue weighted by Gasteiger charge is 2.18. The first kappa shape index (κ1) is 15.6. The Morgan fingerprint density at radius 2 is 1.64 bits per heavy atom. The van der Waals surface area contributed by atoms with Crippen molar-refractivity contribution in [2.75, 3.05) is 31.1 Å². The van der Waals surface area contributed by atoms with E-state index in [1.54, 1.807) is 6.92 Å². The van der Waals surface area contributed by atoms with E-state index in [1.807, 2.05) is 29.2 Å². The molecule has 0 saturated carbocycles. The Balaban J connectivity index is 2.01. The molecular formula is C14H21N7O. The average Bonchev–Trinajstić information content (AvgIpc) is 2.47. The van der Waals surface area contributed by atoms with E-state index in [9.17, 15) is 4.79 Å². The maximum atomic E-state index is 11.3. The maximum absolute atomic E-state index is 11.3. The molecule has 118 valence electrons. The SMILES string of the molecule is CC(=O)N1CCN(c2ccc(N=C(N)N=C(N)N)cc2)CC1. The molecule has 0 atom stereocenters. The number of piperazine rings is 1. The van der Waals surface area contributed by atoms with Crippen molar-refractivity contribution in [1.82, 2.24) is 4.90 Å². The number of nitrogens with zero attached hydrogens (tertiary/aromatic N) is 4. The summed E-state index contributed by atoms with van der Waals surface area (Å²) >= 11 is 0. The lowest BCUT2D eigenvalue weighted by Crippen LogP contribution is -2.48. The maximum Gasteiger partial charge on any atom is 0.223 e. The van der Waals surface area contributed by atoms with Crippen molar-refractivity contribution in [3.05, 3.63) is 24.3 Å².